The van der Waals surface area contributed by atoms with Crippen LogP contribution in [0.3, 0.4) is 0 Å². The largest absolute Gasteiger partial charge is 0.389 e. The van der Waals surface area contributed by atoms with E-state index in [2.05, 4.69) is 20.5 Å². The molecule has 0 aliphatic carbocycles. The molecule has 0 spiro atoms. The Labute approximate surface area is 113 Å². The van der Waals surface area contributed by atoms with Crippen LogP contribution < -0.4 is 16.5 Å². The molecule has 19 heavy (non-hydrogen) atoms. The Hall–Kier alpha value is -2.48. The number of hydrogen-bond donors (Lipinski definition) is 4. The van der Waals surface area contributed by atoms with Crippen LogP contribution in [0.5, 0.6) is 0 Å². The number of aromatic nitrogens is 3. The third kappa shape index (κ3) is 2.68. The number of nitrogens with zero attached hydrogens (tertiary/aromatic N) is 1. The number of aryl methyl sites for hydroxylation is 1. The first-order valence-electron chi connectivity index (χ1n) is 5.33. The van der Waals surface area contributed by atoms with Crippen LogP contribution in [-0.4, -0.2) is 26.1 Å². The number of rotatable bonds is 3. The number of amides is 1. The number of hydrogen-bond acceptors (Lipinski definition) is 4. The maximum absolute atomic E-state index is 12.0. The van der Waals surface area contributed by atoms with E-state index in [1.807, 2.05) is 0 Å². The van der Waals surface area contributed by atoms with Crippen LogP contribution in [0.25, 0.3) is 0 Å². The smallest absolute Gasteiger partial charge is 0.262 e. The van der Waals surface area contributed by atoms with Crippen molar-refractivity contribution >= 4 is 28.9 Å². The lowest BCUT2D eigenvalue weighted by Crippen LogP contribution is -2.23. The molecule has 0 aromatic carbocycles. The Morgan fingerprint density at radius 3 is 2.84 bits per heavy atom. The zero-order valence-electron chi connectivity index (χ0n) is 9.98. The second kappa shape index (κ2) is 5.02. The van der Waals surface area contributed by atoms with Gasteiger partial charge in [-0.3, -0.25) is 14.7 Å². The molecule has 1 amide bonds. The van der Waals surface area contributed by atoms with E-state index in [0.29, 0.717) is 11.3 Å². The highest BCUT2D eigenvalue weighted by Crippen LogP contribution is 2.11. The van der Waals surface area contributed by atoms with Gasteiger partial charge >= 0.3 is 0 Å². The molecule has 0 unspecified atom stereocenters. The highest BCUT2D eigenvalue weighted by atomic mass is 32.1. The van der Waals surface area contributed by atoms with Crippen molar-refractivity contribution in [3.63, 3.8) is 0 Å². The molecule has 0 saturated heterocycles. The van der Waals surface area contributed by atoms with Gasteiger partial charge in [0.2, 0.25) is 0 Å². The topological polar surface area (TPSA) is 117 Å². The van der Waals surface area contributed by atoms with Crippen molar-refractivity contribution in [2.75, 3.05) is 5.32 Å². The van der Waals surface area contributed by atoms with Crippen molar-refractivity contribution in [3.8, 4) is 0 Å². The number of H-pyrrole nitrogens is 2. The van der Waals surface area contributed by atoms with Gasteiger partial charge < -0.3 is 16.0 Å². The highest BCUT2D eigenvalue weighted by Gasteiger charge is 2.14. The summed E-state index contributed by atoms with van der Waals surface area (Å²) in [5.41, 5.74) is 6.18. The van der Waals surface area contributed by atoms with Crippen molar-refractivity contribution in [2.45, 2.75) is 6.92 Å². The average molecular weight is 277 g/mol. The van der Waals surface area contributed by atoms with E-state index in [4.69, 9.17) is 18.0 Å². The fraction of sp³-hybridized carbons (Fsp3) is 0.0909. The van der Waals surface area contributed by atoms with Gasteiger partial charge in [0.05, 0.1) is 11.8 Å². The lowest BCUT2D eigenvalue weighted by Gasteiger charge is -2.04. The molecule has 0 aliphatic heterocycles. The summed E-state index contributed by atoms with van der Waals surface area (Å²) in [4.78, 5) is 26.5. The summed E-state index contributed by atoms with van der Waals surface area (Å²) in [5.74, 6) is -0.305. The number of carbonyl (C=O) groups excluding carboxylic acids is 1. The normalized spacial score (nSPS) is 10.2. The van der Waals surface area contributed by atoms with E-state index in [-0.39, 0.29) is 21.8 Å². The van der Waals surface area contributed by atoms with Gasteiger partial charge in [0.25, 0.3) is 5.91 Å². The Morgan fingerprint density at radius 2 is 2.21 bits per heavy atom. The molecule has 2 heterocycles. The van der Waals surface area contributed by atoms with Crippen molar-refractivity contribution < 1.29 is 4.79 Å². The van der Waals surface area contributed by atoms with Gasteiger partial charge in [0.1, 0.15) is 16.4 Å². The second-order valence-corrected chi connectivity index (χ2v) is 4.31. The van der Waals surface area contributed by atoms with Crippen LogP contribution in [-0.2, 0) is 0 Å². The lowest BCUT2D eigenvalue weighted by molar-refractivity contribution is 0.102. The summed E-state index contributed by atoms with van der Waals surface area (Å²) in [6.07, 6.45) is 2.75. The van der Waals surface area contributed by atoms with Crippen molar-refractivity contribution in [2.24, 2.45) is 5.73 Å². The minimum atomic E-state index is -0.567. The predicted molar refractivity (Wildman–Crippen MR) is 74.2 cm³/mol. The number of carbonyl (C=O) groups is 1. The molecule has 8 heteroatoms. The fourth-order valence-corrected chi connectivity index (χ4v) is 1.65. The number of aromatic amines is 2. The summed E-state index contributed by atoms with van der Waals surface area (Å²) < 4.78 is 0. The number of anilines is 1. The highest BCUT2D eigenvalue weighted by molar-refractivity contribution is 7.80. The van der Waals surface area contributed by atoms with Crippen LogP contribution in [0, 0.1) is 6.92 Å². The molecule has 2 aromatic rings. The monoisotopic (exact) mass is 277 g/mol. The second-order valence-electron chi connectivity index (χ2n) is 3.87. The minimum absolute atomic E-state index is 0.00547. The molecular formula is C11H11N5O2S. The molecule has 0 atom stereocenters. The van der Waals surface area contributed by atoms with E-state index < -0.39 is 5.91 Å². The van der Waals surface area contributed by atoms with E-state index in [1.54, 1.807) is 6.92 Å². The van der Waals surface area contributed by atoms with E-state index in [9.17, 15) is 9.59 Å². The van der Waals surface area contributed by atoms with E-state index in [0.717, 1.165) is 0 Å². The fourth-order valence-electron chi connectivity index (χ4n) is 1.50. The van der Waals surface area contributed by atoms with Crippen molar-refractivity contribution in [3.05, 3.63) is 45.5 Å². The number of pyridine rings is 1. The van der Waals surface area contributed by atoms with Crippen LogP contribution in [0.4, 0.5) is 5.82 Å². The van der Waals surface area contributed by atoms with Gasteiger partial charge in [-0.25, -0.2) is 0 Å². The first-order chi connectivity index (χ1) is 8.99. The summed E-state index contributed by atoms with van der Waals surface area (Å²) in [5, 5.41) is 8.79. The minimum Gasteiger partial charge on any atom is -0.389 e. The van der Waals surface area contributed by atoms with Crippen LogP contribution in [0.1, 0.15) is 21.6 Å². The van der Waals surface area contributed by atoms with Crippen LogP contribution in [0.15, 0.2) is 23.3 Å². The summed E-state index contributed by atoms with van der Waals surface area (Å²) >= 11 is 4.81. The first kappa shape index (κ1) is 13.0. The van der Waals surface area contributed by atoms with E-state index >= 15 is 0 Å². The molecule has 5 N–H and O–H groups in total. The summed E-state index contributed by atoms with van der Waals surface area (Å²) in [6.45, 7) is 1.73. The Balaban J connectivity index is 2.28. The SMILES string of the molecule is Cc1cc(=O)c(C(=O)Nc2[nH]ncc2C(N)=S)c[nH]1. The van der Waals surface area contributed by atoms with Crippen LogP contribution in [0.2, 0.25) is 0 Å². The van der Waals surface area contributed by atoms with Gasteiger partial charge in [-0.1, -0.05) is 12.2 Å². The summed E-state index contributed by atoms with van der Waals surface area (Å²) in [7, 11) is 0. The van der Waals surface area contributed by atoms with E-state index in [1.165, 1.54) is 18.5 Å². The van der Waals surface area contributed by atoms with Gasteiger partial charge in [0.15, 0.2) is 5.43 Å². The summed E-state index contributed by atoms with van der Waals surface area (Å²) in [6, 6.07) is 1.34. The number of nitrogens with one attached hydrogen (secondary N) is 3. The van der Waals surface area contributed by atoms with Gasteiger partial charge in [-0.15, -0.1) is 0 Å². The third-order valence-corrected chi connectivity index (χ3v) is 2.67. The standard InChI is InChI=1S/C11H11N5O2S/c1-5-2-8(17)6(3-13-5)11(18)15-10-7(9(12)19)4-14-16-10/h2-4H,1H3,(H2,12,19)(H,13,17)(H2,14,15,16,18). The maximum Gasteiger partial charge on any atom is 0.262 e. The molecular weight excluding hydrogens is 266 g/mol. The third-order valence-electron chi connectivity index (χ3n) is 2.45. The van der Waals surface area contributed by atoms with Crippen LogP contribution >= 0.6 is 12.2 Å². The molecule has 0 radical (unpaired) electrons. The molecule has 0 saturated carbocycles. The zero-order valence-corrected chi connectivity index (χ0v) is 10.8. The van der Waals surface area contributed by atoms with Gasteiger partial charge in [-0.05, 0) is 6.92 Å². The lowest BCUT2D eigenvalue weighted by atomic mass is 10.2. The molecule has 0 aliphatic rings. The molecule has 0 bridgehead atoms. The molecule has 2 aromatic heterocycles. The number of nitrogens with two attached hydrogens (primary N) is 1. The van der Waals surface area contributed by atoms with Crippen molar-refractivity contribution in [1.29, 1.82) is 0 Å². The molecule has 2 rings (SSSR count). The Bertz CT molecular complexity index is 703. The Kier molecular flexibility index (Phi) is 3.43. The van der Waals surface area contributed by atoms with Gasteiger partial charge in [-0.2, -0.15) is 5.10 Å². The quantitative estimate of drug-likeness (QED) is 0.602. The van der Waals surface area contributed by atoms with Crippen molar-refractivity contribution in [1.82, 2.24) is 15.2 Å². The molecule has 98 valence electrons. The molecule has 7 nitrogen and oxygen atoms in total. The Morgan fingerprint density at radius 1 is 1.47 bits per heavy atom. The first-order valence-corrected chi connectivity index (χ1v) is 5.73. The number of thiocarbonyl (C=S) groups is 1. The van der Waals surface area contributed by atoms with Gasteiger partial charge in [0, 0.05) is 18.0 Å². The average Bonchev–Trinajstić information content (AvgIpc) is 2.76. The maximum atomic E-state index is 12.0. The predicted octanol–water partition coefficient (Wildman–Crippen LogP) is 0.293. The zero-order chi connectivity index (χ0) is 14.0. The molecule has 0 fully saturated rings.